The number of amides is 2. The van der Waals surface area contributed by atoms with Gasteiger partial charge in [0.2, 0.25) is 11.8 Å². The molecule has 2 amide bonds. The molecule has 0 unspecified atom stereocenters. The maximum atomic E-state index is 12.8. The third-order valence-electron chi connectivity index (χ3n) is 5.30. The van der Waals surface area contributed by atoms with Crippen LogP contribution in [0, 0.1) is 20.2 Å². The first-order valence-electron chi connectivity index (χ1n) is 12.7. The van der Waals surface area contributed by atoms with E-state index < -0.39 is 63.6 Å². The molecule has 15 nitrogen and oxygen atoms in total. The molecule has 0 saturated carbocycles. The number of hydrogen-bond donors (Lipinski definition) is 3. The molecule has 0 aromatic heterocycles. The maximum Gasteiger partial charge on any atom is 0.325 e. The monoisotopic (exact) mass is 585 g/mol. The largest absolute Gasteiger partial charge is 0.465 e. The molecule has 1 aromatic rings. The Morgan fingerprint density at radius 2 is 1.68 bits per heavy atom. The van der Waals surface area contributed by atoms with Crippen LogP contribution in [0.15, 0.2) is 23.1 Å². The number of nitrogens with one attached hydrogen (secondary N) is 2. The summed E-state index contributed by atoms with van der Waals surface area (Å²) < 4.78 is 10.0. The van der Waals surface area contributed by atoms with E-state index in [1.165, 1.54) is 6.07 Å². The fraction of sp³-hybridized carbons (Fsp3) is 0.583. The number of nitrogens with zero attached hydrogens (tertiary/aromatic N) is 2. The number of carbonyl (C=O) groups is 4. The van der Waals surface area contributed by atoms with Crippen LogP contribution in [0.25, 0.3) is 0 Å². The van der Waals surface area contributed by atoms with Gasteiger partial charge in [-0.3, -0.25) is 39.4 Å². The van der Waals surface area contributed by atoms with Gasteiger partial charge in [-0.2, -0.15) is 0 Å². The first-order valence-corrected chi connectivity index (χ1v) is 13.7. The number of hydrogen-bond acceptors (Lipinski definition) is 12. The van der Waals surface area contributed by atoms with Crippen molar-refractivity contribution in [1.82, 2.24) is 10.6 Å². The van der Waals surface area contributed by atoms with E-state index in [-0.39, 0.29) is 36.7 Å². The van der Waals surface area contributed by atoms with Crippen LogP contribution in [-0.4, -0.2) is 71.2 Å². The highest BCUT2D eigenvalue weighted by atomic mass is 32.2. The van der Waals surface area contributed by atoms with Crippen molar-refractivity contribution < 1.29 is 38.5 Å². The fourth-order valence-electron chi connectivity index (χ4n) is 3.00. The Balaban J connectivity index is 2.90. The van der Waals surface area contributed by atoms with Gasteiger partial charge < -0.3 is 25.8 Å². The van der Waals surface area contributed by atoms with E-state index in [1.54, 1.807) is 0 Å². The summed E-state index contributed by atoms with van der Waals surface area (Å²) in [6.07, 6.45) is 2.67. The summed E-state index contributed by atoms with van der Waals surface area (Å²) in [6.45, 7) is 3.78. The van der Waals surface area contributed by atoms with Gasteiger partial charge in [0, 0.05) is 18.2 Å². The molecule has 4 N–H and O–H groups in total. The van der Waals surface area contributed by atoms with Gasteiger partial charge in [-0.25, -0.2) is 0 Å². The molecule has 0 aliphatic carbocycles. The van der Waals surface area contributed by atoms with E-state index in [0.29, 0.717) is 12.8 Å². The number of esters is 2. The van der Waals surface area contributed by atoms with Crippen LogP contribution in [0.4, 0.5) is 11.4 Å². The van der Waals surface area contributed by atoms with Crippen molar-refractivity contribution in [3.05, 3.63) is 38.4 Å². The highest BCUT2D eigenvalue weighted by Crippen LogP contribution is 2.32. The van der Waals surface area contributed by atoms with Crippen LogP contribution >= 0.6 is 11.8 Å². The average Bonchev–Trinajstić information content (AvgIpc) is 2.92. The number of non-ortho nitro benzene ring substituents is 1. The molecule has 0 saturated heterocycles. The summed E-state index contributed by atoms with van der Waals surface area (Å²) in [5, 5.41) is 27.3. The molecule has 0 aliphatic rings. The Morgan fingerprint density at radius 1 is 1.02 bits per heavy atom. The van der Waals surface area contributed by atoms with Crippen molar-refractivity contribution in [2.45, 2.75) is 69.4 Å². The summed E-state index contributed by atoms with van der Waals surface area (Å²) in [6, 6.07) is 0.735. The Labute approximate surface area is 235 Å². The lowest BCUT2D eigenvalue weighted by Gasteiger charge is -2.19. The predicted molar refractivity (Wildman–Crippen MR) is 144 cm³/mol. The minimum atomic E-state index is -1.26. The standard InChI is InChI=1S/C24H35N5O10S/c1-3-5-11-38-22(31)14-26-23(32)18(27-21(30)10-8-17(25)24(33)39-12-6-4-2)15-40-20-9-7-16(28(34)35)13-19(20)29(36)37/h7,9,13,17-18H,3-6,8,10-12,14-15,25H2,1-2H3,(H,26,32)(H,27,30)/t17-,18-/m0/s1. The van der Waals surface area contributed by atoms with Gasteiger partial charge in [0.15, 0.2) is 0 Å². The van der Waals surface area contributed by atoms with Crippen molar-refractivity contribution >= 4 is 46.9 Å². The molecular weight excluding hydrogens is 550 g/mol. The minimum absolute atomic E-state index is 0.0264. The third kappa shape index (κ3) is 12.8. The summed E-state index contributed by atoms with van der Waals surface area (Å²) >= 11 is 0.811. The number of benzene rings is 1. The molecule has 0 heterocycles. The molecule has 0 spiro atoms. The van der Waals surface area contributed by atoms with E-state index in [2.05, 4.69) is 10.6 Å². The SMILES string of the molecule is CCCCOC(=O)CNC(=O)[C@H](CSc1ccc([N+](=O)[O-])cc1[N+](=O)[O-])NC(=O)CC[C@H](N)C(=O)OCCCC. The van der Waals surface area contributed by atoms with Gasteiger partial charge in [-0.15, -0.1) is 11.8 Å². The second kappa shape index (κ2) is 18.5. The van der Waals surface area contributed by atoms with Crippen molar-refractivity contribution in [2.24, 2.45) is 5.73 Å². The van der Waals surface area contributed by atoms with E-state index in [9.17, 15) is 39.4 Å². The first kappa shape index (κ1) is 34.2. The molecular formula is C24H35N5O10S. The number of thioether (sulfide) groups is 1. The number of unbranched alkanes of at least 4 members (excludes halogenated alkanes) is 2. The zero-order valence-electron chi connectivity index (χ0n) is 22.4. The van der Waals surface area contributed by atoms with Crippen LogP contribution in [0.5, 0.6) is 0 Å². The maximum absolute atomic E-state index is 12.8. The van der Waals surface area contributed by atoms with E-state index in [1.807, 2.05) is 13.8 Å². The number of rotatable bonds is 19. The number of carbonyl (C=O) groups excluding carboxylic acids is 4. The van der Waals surface area contributed by atoms with E-state index >= 15 is 0 Å². The van der Waals surface area contributed by atoms with Gasteiger partial charge in [-0.1, -0.05) is 26.7 Å². The van der Waals surface area contributed by atoms with Gasteiger partial charge in [0.25, 0.3) is 11.4 Å². The van der Waals surface area contributed by atoms with Gasteiger partial charge in [0.05, 0.1) is 34.0 Å². The minimum Gasteiger partial charge on any atom is -0.465 e. The Kier molecular flexibility index (Phi) is 15.8. The second-order valence-electron chi connectivity index (χ2n) is 8.56. The summed E-state index contributed by atoms with van der Waals surface area (Å²) in [4.78, 5) is 70.1. The smallest absolute Gasteiger partial charge is 0.325 e. The lowest BCUT2D eigenvalue weighted by atomic mass is 10.1. The van der Waals surface area contributed by atoms with Gasteiger partial charge in [-0.05, 0) is 25.3 Å². The van der Waals surface area contributed by atoms with Crippen LogP contribution in [0.3, 0.4) is 0 Å². The zero-order chi connectivity index (χ0) is 30.1. The quantitative estimate of drug-likeness (QED) is 0.0697. The summed E-state index contributed by atoms with van der Waals surface area (Å²) in [5.41, 5.74) is 4.75. The molecule has 1 aromatic carbocycles. The number of ether oxygens (including phenoxy) is 2. The second-order valence-corrected chi connectivity index (χ2v) is 9.62. The molecule has 16 heteroatoms. The molecule has 0 fully saturated rings. The van der Waals surface area contributed by atoms with E-state index in [0.717, 1.165) is 36.7 Å². The van der Waals surface area contributed by atoms with Crippen molar-refractivity contribution in [3.8, 4) is 0 Å². The lowest BCUT2D eigenvalue weighted by Crippen LogP contribution is -2.49. The van der Waals surface area contributed by atoms with Gasteiger partial charge in [0.1, 0.15) is 18.6 Å². The molecule has 0 aliphatic heterocycles. The zero-order valence-corrected chi connectivity index (χ0v) is 23.2. The fourth-order valence-corrected chi connectivity index (χ4v) is 4.03. The molecule has 0 bridgehead atoms. The van der Waals surface area contributed by atoms with Crippen molar-refractivity contribution in [3.63, 3.8) is 0 Å². The first-order chi connectivity index (χ1) is 19.0. The Hall–Kier alpha value is -3.79. The van der Waals surface area contributed by atoms with E-state index in [4.69, 9.17) is 15.2 Å². The molecule has 2 atom stereocenters. The van der Waals surface area contributed by atoms with Crippen LogP contribution in [0.2, 0.25) is 0 Å². The highest BCUT2D eigenvalue weighted by molar-refractivity contribution is 7.99. The lowest BCUT2D eigenvalue weighted by molar-refractivity contribution is -0.396. The predicted octanol–water partition coefficient (Wildman–Crippen LogP) is 1.99. The summed E-state index contributed by atoms with van der Waals surface area (Å²) in [5.74, 6) is -2.95. The third-order valence-corrected chi connectivity index (χ3v) is 6.46. The van der Waals surface area contributed by atoms with Gasteiger partial charge >= 0.3 is 11.9 Å². The van der Waals surface area contributed by atoms with Crippen LogP contribution in [-0.2, 0) is 28.7 Å². The van der Waals surface area contributed by atoms with Crippen LogP contribution < -0.4 is 16.4 Å². The molecule has 1 rings (SSSR count). The summed E-state index contributed by atoms with van der Waals surface area (Å²) in [7, 11) is 0. The number of nitrogens with two attached hydrogens (primary N) is 1. The number of nitro benzene ring substituents is 2. The van der Waals surface area contributed by atoms with Crippen molar-refractivity contribution in [2.75, 3.05) is 25.5 Å². The molecule has 40 heavy (non-hydrogen) atoms. The Bertz CT molecular complexity index is 1050. The number of nitro groups is 2. The Morgan fingerprint density at radius 3 is 2.27 bits per heavy atom. The van der Waals surface area contributed by atoms with Crippen molar-refractivity contribution in [1.29, 1.82) is 0 Å². The van der Waals surface area contributed by atoms with Crippen LogP contribution in [0.1, 0.15) is 52.4 Å². The molecule has 0 radical (unpaired) electrons. The normalized spacial score (nSPS) is 12.1. The highest BCUT2D eigenvalue weighted by Gasteiger charge is 2.26. The molecule has 222 valence electrons. The topological polar surface area (TPSA) is 223 Å². The average molecular weight is 586 g/mol.